The molecule has 0 amide bonds. The van der Waals surface area contributed by atoms with Gasteiger partial charge in [0.25, 0.3) is 0 Å². The van der Waals surface area contributed by atoms with E-state index in [0.29, 0.717) is 11.4 Å². The van der Waals surface area contributed by atoms with Crippen LogP contribution < -0.4 is 10.2 Å². The lowest BCUT2D eigenvalue weighted by Crippen LogP contribution is -2.16. The molecular formula is C15H17F3N4OS. The minimum Gasteiger partial charge on any atom is -0.363 e. The van der Waals surface area contributed by atoms with Crippen molar-refractivity contribution in [1.82, 2.24) is 9.97 Å². The molecule has 0 fully saturated rings. The number of nitrogens with one attached hydrogen (secondary N) is 1. The maximum atomic E-state index is 13.0. The van der Waals surface area contributed by atoms with Gasteiger partial charge in [-0.1, -0.05) is 12.1 Å². The molecule has 1 N–H and O–H groups in total. The molecule has 0 aliphatic heterocycles. The number of alkyl halides is 3. The number of nitrogens with zero attached hydrogens (tertiary/aromatic N) is 3. The van der Waals surface area contributed by atoms with Crippen LogP contribution in [-0.4, -0.2) is 34.5 Å². The Morgan fingerprint density at radius 2 is 1.92 bits per heavy atom. The average molecular weight is 358 g/mol. The van der Waals surface area contributed by atoms with Crippen molar-refractivity contribution < 1.29 is 17.4 Å². The van der Waals surface area contributed by atoms with Gasteiger partial charge >= 0.3 is 6.18 Å². The highest BCUT2D eigenvalue weighted by molar-refractivity contribution is 7.83. The molecule has 1 unspecified atom stereocenters. The molecule has 130 valence electrons. The fourth-order valence-corrected chi connectivity index (χ4v) is 2.62. The molecule has 1 heterocycles. The normalized spacial score (nSPS) is 12.8. The predicted octanol–water partition coefficient (Wildman–Crippen LogP) is 3.18. The Balaban J connectivity index is 2.35. The van der Waals surface area contributed by atoms with Gasteiger partial charge in [-0.2, -0.15) is 18.2 Å². The summed E-state index contributed by atoms with van der Waals surface area (Å²) in [7, 11) is 2.19. The van der Waals surface area contributed by atoms with Gasteiger partial charge in [0, 0.05) is 48.7 Å². The highest BCUT2D eigenvalue weighted by Gasteiger charge is 2.34. The number of benzene rings is 1. The highest BCUT2D eigenvalue weighted by atomic mass is 32.2. The number of halogens is 3. The Morgan fingerprint density at radius 3 is 2.50 bits per heavy atom. The summed E-state index contributed by atoms with van der Waals surface area (Å²) in [6.45, 7) is 0. The van der Waals surface area contributed by atoms with Crippen LogP contribution in [0.2, 0.25) is 0 Å². The van der Waals surface area contributed by atoms with Gasteiger partial charge < -0.3 is 10.2 Å². The smallest absolute Gasteiger partial charge is 0.363 e. The summed E-state index contributed by atoms with van der Waals surface area (Å²) in [5, 5.41) is 2.78. The maximum Gasteiger partial charge on any atom is 0.433 e. The molecule has 1 atom stereocenters. The Morgan fingerprint density at radius 1 is 1.21 bits per heavy atom. The standard InChI is InChI=1S/C15H17F3N4OS/c1-22(2)13-8-12(15(16,17)18)20-14(21-13)19-11-6-4-5-10(7-11)9-24(3)23/h4-8H,9H2,1-3H3,(H,19,20,21). The summed E-state index contributed by atoms with van der Waals surface area (Å²) in [4.78, 5) is 9.09. The molecule has 0 spiro atoms. The second kappa shape index (κ2) is 7.16. The van der Waals surface area contributed by atoms with Gasteiger partial charge in [-0.15, -0.1) is 0 Å². The summed E-state index contributed by atoms with van der Waals surface area (Å²) in [5.41, 5.74) is 0.317. The average Bonchev–Trinajstić information content (AvgIpc) is 2.45. The van der Waals surface area contributed by atoms with Crippen LogP contribution in [-0.2, 0) is 22.7 Å². The van der Waals surface area contributed by atoms with E-state index in [4.69, 9.17) is 0 Å². The molecule has 0 aliphatic carbocycles. The van der Waals surface area contributed by atoms with Gasteiger partial charge in [-0.25, -0.2) is 4.98 Å². The summed E-state index contributed by atoms with van der Waals surface area (Å²) in [5.74, 6) is 0.357. The lowest BCUT2D eigenvalue weighted by Gasteiger charge is -2.16. The van der Waals surface area contributed by atoms with E-state index in [1.807, 2.05) is 0 Å². The third kappa shape index (κ3) is 4.92. The lowest BCUT2D eigenvalue weighted by molar-refractivity contribution is -0.141. The van der Waals surface area contributed by atoms with Gasteiger partial charge in [-0.3, -0.25) is 4.21 Å². The van der Waals surface area contributed by atoms with Gasteiger partial charge in [0.2, 0.25) is 5.95 Å². The van der Waals surface area contributed by atoms with Crippen LogP contribution in [0.4, 0.5) is 30.6 Å². The molecule has 0 bridgehead atoms. The fraction of sp³-hybridized carbons (Fsp3) is 0.333. The number of hydrogen-bond donors (Lipinski definition) is 1. The van der Waals surface area contributed by atoms with Crippen molar-refractivity contribution in [2.45, 2.75) is 11.9 Å². The van der Waals surface area contributed by atoms with E-state index < -0.39 is 22.7 Å². The molecular weight excluding hydrogens is 341 g/mol. The quantitative estimate of drug-likeness (QED) is 0.890. The molecule has 9 heteroatoms. The van der Waals surface area contributed by atoms with Crippen LogP contribution in [0.25, 0.3) is 0 Å². The molecule has 1 aromatic carbocycles. The van der Waals surface area contributed by atoms with Crippen molar-refractivity contribution in [2.24, 2.45) is 0 Å². The zero-order chi connectivity index (χ0) is 17.9. The molecule has 1 aromatic heterocycles. The van der Waals surface area contributed by atoms with Gasteiger partial charge in [0.05, 0.1) is 0 Å². The first-order valence-electron chi connectivity index (χ1n) is 6.95. The van der Waals surface area contributed by atoms with E-state index in [2.05, 4.69) is 15.3 Å². The van der Waals surface area contributed by atoms with Crippen molar-refractivity contribution >= 4 is 28.3 Å². The molecule has 5 nitrogen and oxygen atoms in total. The Hall–Kier alpha value is -2.16. The van der Waals surface area contributed by atoms with Crippen LogP contribution in [0.1, 0.15) is 11.3 Å². The topological polar surface area (TPSA) is 58.1 Å². The molecule has 0 radical (unpaired) electrons. The molecule has 0 aliphatic rings. The summed E-state index contributed by atoms with van der Waals surface area (Å²) < 4.78 is 50.3. The van der Waals surface area contributed by atoms with E-state index in [1.165, 1.54) is 4.90 Å². The number of aromatic nitrogens is 2. The van der Waals surface area contributed by atoms with E-state index in [-0.39, 0.29) is 11.8 Å². The summed E-state index contributed by atoms with van der Waals surface area (Å²) in [6.07, 6.45) is -2.98. The van der Waals surface area contributed by atoms with Crippen molar-refractivity contribution in [1.29, 1.82) is 0 Å². The van der Waals surface area contributed by atoms with Gasteiger partial charge in [-0.05, 0) is 17.7 Å². The van der Waals surface area contributed by atoms with E-state index in [0.717, 1.165) is 11.6 Å². The number of rotatable bonds is 5. The van der Waals surface area contributed by atoms with E-state index in [9.17, 15) is 17.4 Å². The zero-order valence-corrected chi connectivity index (χ0v) is 14.2. The second-order valence-electron chi connectivity index (χ2n) is 5.37. The third-order valence-corrected chi connectivity index (χ3v) is 3.75. The monoisotopic (exact) mass is 358 g/mol. The summed E-state index contributed by atoms with van der Waals surface area (Å²) in [6, 6.07) is 7.80. The van der Waals surface area contributed by atoms with Crippen molar-refractivity contribution in [3.8, 4) is 0 Å². The van der Waals surface area contributed by atoms with Crippen molar-refractivity contribution in [3.63, 3.8) is 0 Å². The van der Waals surface area contributed by atoms with Crippen LogP contribution in [0.5, 0.6) is 0 Å². The Kier molecular flexibility index (Phi) is 5.43. The van der Waals surface area contributed by atoms with E-state index >= 15 is 0 Å². The third-order valence-electron chi connectivity index (χ3n) is 3.01. The van der Waals surface area contributed by atoms with Crippen LogP contribution >= 0.6 is 0 Å². The zero-order valence-electron chi connectivity index (χ0n) is 13.4. The van der Waals surface area contributed by atoms with E-state index in [1.54, 1.807) is 44.6 Å². The molecule has 0 saturated carbocycles. The first-order valence-corrected chi connectivity index (χ1v) is 8.67. The van der Waals surface area contributed by atoms with Crippen LogP contribution in [0.3, 0.4) is 0 Å². The number of hydrogen-bond acceptors (Lipinski definition) is 5. The molecule has 24 heavy (non-hydrogen) atoms. The Bertz CT molecular complexity index is 750. The van der Waals surface area contributed by atoms with Gasteiger partial charge in [0.1, 0.15) is 5.82 Å². The minimum absolute atomic E-state index is 0.144. The highest BCUT2D eigenvalue weighted by Crippen LogP contribution is 2.30. The van der Waals surface area contributed by atoms with Crippen LogP contribution in [0, 0.1) is 0 Å². The first-order chi connectivity index (χ1) is 11.1. The second-order valence-corrected chi connectivity index (χ2v) is 6.81. The largest absolute Gasteiger partial charge is 0.433 e. The van der Waals surface area contributed by atoms with Crippen molar-refractivity contribution in [3.05, 3.63) is 41.6 Å². The summed E-state index contributed by atoms with van der Waals surface area (Å²) >= 11 is 0. The molecule has 2 aromatic rings. The van der Waals surface area contributed by atoms with Gasteiger partial charge in [0.15, 0.2) is 5.69 Å². The lowest BCUT2D eigenvalue weighted by atomic mass is 10.2. The maximum absolute atomic E-state index is 13.0. The Labute approximate surface area is 140 Å². The number of anilines is 3. The van der Waals surface area contributed by atoms with Crippen molar-refractivity contribution in [2.75, 3.05) is 30.6 Å². The molecule has 0 saturated heterocycles. The SMILES string of the molecule is CN(C)c1cc(C(F)(F)F)nc(Nc2cccc(CS(C)=O)c2)n1. The molecule has 2 rings (SSSR count). The first kappa shape index (κ1) is 18.2. The van der Waals surface area contributed by atoms with Crippen LogP contribution in [0.15, 0.2) is 30.3 Å². The predicted molar refractivity (Wildman–Crippen MR) is 88.9 cm³/mol. The fourth-order valence-electron chi connectivity index (χ4n) is 1.97. The minimum atomic E-state index is -4.56.